The highest BCUT2D eigenvalue weighted by Crippen LogP contribution is 2.11. The lowest BCUT2D eigenvalue weighted by molar-refractivity contribution is 0.0949. The molecule has 0 atom stereocenters. The molecule has 0 aliphatic heterocycles. The van der Waals surface area contributed by atoms with Gasteiger partial charge in [0.1, 0.15) is 0 Å². The fourth-order valence-corrected chi connectivity index (χ4v) is 2.08. The minimum absolute atomic E-state index is 0.105. The standard InChI is InChI=1S/C13H19N5O/c1-8-6-11(16-17(8)4)7-14-13(19)12-9(2)15-18(5)10(12)3/h6H,7H2,1-5H3,(H,14,19). The molecule has 2 aromatic heterocycles. The maximum absolute atomic E-state index is 12.2. The van der Waals surface area contributed by atoms with Crippen molar-refractivity contribution in [1.82, 2.24) is 24.9 Å². The average molecular weight is 261 g/mol. The Morgan fingerprint density at radius 3 is 2.37 bits per heavy atom. The van der Waals surface area contributed by atoms with E-state index in [2.05, 4.69) is 15.5 Å². The second-order valence-corrected chi connectivity index (χ2v) is 4.75. The third-order valence-corrected chi connectivity index (χ3v) is 3.33. The third kappa shape index (κ3) is 2.52. The number of rotatable bonds is 3. The highest BCUT2D eigenvalue weighted by atomic mass is 16.1. The first-order valence-corrected chi connectivity index (χ1v) is 6.18. The van der Waals surface area contributed by atoms with E-state index in [9.17, 15) is 4.79 Å². The van der Waals surface area contributed by atoms with Crippen LogP contribution in [0.1, 0.15) is 33.1 Å². The summed E-state index contributed by atoms with van der Waals surface area (Å²) in [4.78, 5) is 12.2. The van der Waals surface area contributed by atoms with Crippen molar-refractivity contribution in [1.29, 1.82) is 0 Å². The molecule has 0 saturated carbocycles. The summed E-state index contributed by atoms with van der Waals surface area (Å²) in [7, 11) is 3.72. The maximum Gasteiger partial charge on any atom is 0.255 e. The topological polar surface area (TPSA) is 64.7 Å². The lowest BCUT2D eigenvalue weighted by Gasteiger charge is -2.03. The number of hydrogen-bond acceptors (Lipinski definition) is 3. The molecule has 6 heteroatoms. The van der Waals surface area contributed by atoms with Crippen molar-refractivity contribution in [2.75, 3.05) is 0 Å². The minimum atomic E-state index is -0.105. The Labute approximate surface area is 112 Å². The molecule has 0 radical (unpaired) electrons. The zero-order chi connectivity index (χ0) is 14.2. The lowest BCUT2D eigenvalue weighted by atomic mass is 10.2. The Hall–Kier alpha value is -2.11. The Morgan fingerprint density at radius 2 is 1.89 bits per heavy atom. The molecule has 1 amide bonds. The zero-order valence-electron chi connectivity index (χ0n) is 12.0. The number of aryl methyl sites for hydroxylation is 4. The molecule has 0 aliphatic carbocycles. The quantitative estimate of drug-likeness (QED) is 0.896. The molecule has 0 unspecified atom stereocenters. The predicted octanol–water partition coefficient (Wildman–Crippen LogP) is 1.01. The number of amides is 1. The molecule has 2 rings (SSSR count). The third-order valence-electron chi connectivity index (χ3n) is 3.33. The van der Waals surface area contributed by atoms with Crippen LogP contribution in [0, 0.1) is 20.8 Å². The summed E-state index contributed by atoms with van der Waals surface area (Å²) < 4.78 is 3.51. The number of carbonyl (C=O) groups is 1. The zero-order valence-corrected chi connectivity index (χ0v) is 12.0. The van der Waals surface area contributed by atoms with E-state index in [1.165, 1.54) is 0 Å². The van der Waals surface area contributed by atoms with Gasteiger partial charge in [-0.05, 0) is 26.8 Å². The molecule has 19 heavy (non-hydrogen) atoms. The first-order chi connectivity index (χ1) is 8.90. The van der Waals surface area contributed by atoms with Crippen LogP contribution < -0.4 is 5.32 Å². The van der Waals surface area contributed by atoms with Crippen LogP contribution in [0.3, 0.4) is 0 Å². The van der Waals surface area contributed by atoms with Gasteiger partial charge in [-0.2, -0.15) is 10.2 Å². The number of aromatic nitrogens is 4. The van der Waals surface area contributed by atoms with Gasteiger partial charge < -0.3 is 5.32 Å². The van der Waals surface area contributed by atoms with Gasteiger partial charge in [-0.3, -0.25) is 14.2 Å². The summed E-state index contributed by atoms with van der Waals surface area (Å²) in [5.74, 6) is -0.105. The second kappa shape index (κ2) is 4.87. The van der Waals surface area contributed by atoms with E-state index in [4.69, 9.17) is 0 Å². The van der Waals surface area contributed by atoms with Crippen molar-refractivity contribution >= 4 is 5.91 Å². The SMILES string of the molecule is Cc1nn(C)c(C)c1C(=O)NCc1cc(C)n(C)n1. The van der Waals surface area contributed by atoms with Crippen molar-refractivity contribution in [2.24, 2.45) is 14.1 Å². The van der Waals surface area contributed by atoms with Crippen molar-refractivity contribution in [3.05, 3.63) is 34.4 Å². The summed E-state index contributed by atoms with van der Waals surface area (Å²) in [5.41, 5.74) is 4.18. The van der Waals surface area contributed by atoms with E-state index in [1.54, 1.807) is 9.36 Å². The fourth-order valence-electron chi connectivity index (χ4n) is 2.08. The summed E-state index contributed by atoms with van der Waals surface area (Å²) in [6.07, 6.45) is 0. The van der Waals surface area contributed by atoms with E-state index in [1.807, 2.05) is 40.9 Å². The maximum atomic E-state index is 12.2. The van der Waals surface area contributed by atoms with Crippen LogP contribution in [-0.4, -0.2) is 25.5 Å². The Kier molecular flexibility index (Phi) is 3.42. The Balaban J connectivity index is 2.09. The van der Waals surface area contributed by atoms with E-state index < -0.39 is 0 Å². The highest BCUT2D eigenvalue weighted by Gasteiger charge is 2.17. The first-order valence-electron chi connectivity index (χ1n) is 6.18. The first kappa shape index (κ1) is 13.3. The van der Waals surface area contributed by atoms with Crippen LogP contribution >= 0.6 is 0 Å². The molecule has 0 aliphatic rings. The Morgan fingerprint density at radius 1 is 1.21 bits per heavy atom. The van der Waals surface area contributed by atoms with Gasteiger partial charge in [0.15, 0.2) is 0 Å². The van der Waals surface area contributed by atoms with Crippen molar-refractivity contribution in [3.63, 3.8) is 0 Å². The van der Waals surface area contributed by atoms with Crippen LogP contribution in [0.2, 0.25) is 0 Å². The van der Waals surface area contributed by atoms with E-state index in [-0.39, 0.29) is 5.91 Å². The van der Waals surface area contributed by atoms with Gasteiger partial charge in [0.2, 0.25) is 0 Å². The van der Waals surface area contributed by atoms with Gasteiger partial charge in [-0.25, -0.2) is 0 Å². The fraction of sp³-hybridized carbons (Fsp3) is 0.462. The van der Waals surface area contributed by atoms with Gasteiger partial charge in [0.05, 0.1) is 23.5 Å². The van der Waals surface area contributed by atoms with Gasteiger partial charge in [0.25, 0.3) is 5.91 Å². The summed E-state index contributed by atoms with van der Waals surface area (Å²) in [6, 6.07) is 1.96. The molecule has 102 valence electrons. The number of nitrogens with one attached hydrogen (secondary N) is 1. The number of carbonyl (C=O) groups excluding carboxylic acids is 1. The molecule has 1 N–H and O–H groups in total. The smallest absolute Gasteiger partial charge is 0.255 e. The molecule has 2 aromatic rings. The van der Waals surface area contributed by atoms with Crippen LogP contribution in [0.5, 0.6) is 0 Å². The van der Waals surface area contributed by atoms with Crippen molar-refractivity contribution in [3.8, 4) is 0 Å². The second-order valence-electron chi connectivity index (χ2n) is 4.75. The summed E-state index contributed by atoms with van der Waals surface area (Å²) in [6.45, 7) is 6.13. The van der Waals surface area contributed by atoms with Crippen LogP contribution in [0.25, 0.3) is 0 Å². The molecule has 0 saturated heterocycles. The largest absolute Gasteiger partial charge is 0.346 e. The van der Waals surface area contributed by atoms with Crippen LogP contribution in [-0.2, 0) is 20.6 Å². The summed E-state index contributed by atoms with van der Waals surface area (Å²) >= 11 is 0. The molecule has 0 fully saturated rings. The van der Waals surface area contributed by atoms with Crippen molar-refractivity contribution < 1.29 is 4.79 Å². The van der Waals surface area contributed by atoms with Gasteiger partial charge >= 0.3 is 0 Å². The molecule has 2 heterocycles. The highest BCUT2D eigenvalue weighted by molar-refractivity contribution is 5.96. The van der Waals surface area contributed by atoms with Crippen molar-refractivity contribution in [2.45, 2.75) is 27.3 Å². The van der Waals surface area contributed by atoms with Crippen LogP contribution in [0.15, 0.2) is 6.07 Å². The predicted molar refractivity (Wildman–Crippen MR) is 71.8 cm³/mol. The number of hydrogen-bond donors (Lipinski definition) is 1. The van der Waals surface area contributed by atoms with Gasteiger partial charge in [-0.1, -0.05) is 0 Å². The van der Waals surface area contributed by atoms with Gasteiger partial charge in [0, 0.05) is 25.5 Å². The lowest BCUT2D eigenvalue weighted by Crippen LogP contribution is -2.24. The minimum Gasteiger partial charge on any atom is -0.346 e. The number of nitrogens with zero attached hydrogens (tertiary/aromatic N) is 4. The molecule has 0 bridgehead atoms. The average Bonchev–Trinajstić information content (AvgIpc) is 2.78. The normalized spacial score (nSPS) is 10.8. The monoisotopic (exact) mass is 261 g/mol. The summed E-state index contributed by atoms with van der Waals surface area (Å²) in [5, 5.41) is 11.4. The van der Waals surface area contributed by atoms with Gasteiger partial charge in [-0.15, -0.1) is 0 Å². The molecular weight excluding hydrogens is 242 g/mol. The van der Waals surface area contributed by atoms with E-state index in [0.29, 0.717) is 12.1 Å². The van der Waals surface area contributed by atoms with Crippen LogP contribution in [0.4, 0.5) is 0 Å². The Bertz CT molecular complexity index is 604. The van der Waals surface area contributed by atoms with E-state index >= 15 is 0 Å². The molecule has 0 spiro atoms. The molecular formula is C13H19N5O. The molecule has 6 nitrogen and oxygen atoms in total. The van der Waals surface area contributed by atoms with E-state index in [0.717, 1.165) is 22.8 Å². The molecule has 0 aromatic carbocycles.